The smallest absolute Gasteiger partial charge is 0.263 e. The second-order valence-corrected chi connectivity index (χ2v) is 6.94. The predicted octanol–water partition coefficient (Wildman–Crippen LogP) is 1.63. The first-order valence-corrected chi connectivity index (χ1v) is 9.43. The second-order valence-electron chi connectivity index (χ2n) is 6.94. The van der Waals surface area contributed by atoms with E-state index in [1.807, 2.05) is 32.2 Å². The number of piperidine rings is 1. The van der Waals surface area contributed by atoms with Crippen molar-refractivity contribution in [3.05, 3.63) is 57.8 Å². The molecule has 0 saturated carbocycles. The maximum atomic E-state index is 12.9. The number of rotatable bonds is 6. The van der Waals surface area contributed by atoms with E-state index in [-0.39, 0.29) is 23.1 Å². The standard InChI is InChI=1S/C20H27N5O2/c1-14-6-12-25(16-3-7-21-8-4-16)20(27)18(14)19(26)24-11-10-23-17-5-9-22-13-15(17)2/h5-6,9,12-13,16,21H,3-4,7-8,10-11H2,1-2H3,(H,22,23)(H,24,26). The van der Waals surface area contributed by atoms with Gasteiger partial charge in [-0.2, -0.15) is 0 Å². The van der Waals surface area contributed by atoms with E-state index in [9.17, 15) is 9.59 Å². The number of pyridine rings is 2. The Morgan fingerprint density at radius 1 is 1.22 bits per heavy atom. The minimum atomic E-state index is -0.311. The van der Waals surface area contributed by atoms with E-state index < -0.39 is 0 Å². The molecule has 0 aromatic carbocycles. The first-order valence-electron chi connectivity index (χ1n) is 9.43. The molecule has 7 heteroatoms. The van der Waals surface area contributed by atoms with Gasteiger partial charge in [0.1, 0.15) is 5.56 Å². The topological polar surface area (TPSA) is 88.1 Å². The monoisotopic (exact) mass is 369 g/mol. The molecule has 1 amide bonds. The molecule has 2 aromatic heterocycles. The van der Waals surface area contributed by atoms with Gasteiger partial charge in [0.2, 0.25) is 0 Å². The maximum Gasteiger partial charge on any atom is 0.263 e. The number of carbonyl (C=O) groups is 1. The van der Waals surface area contributed by atoms with Gasteiger partial charge < -0.3 is 20.5 Å². The van der Waals surface area contributed by atoms with Crippen LogP contribution in [0.2, 0.25) is 0 Å². The number of nitrogens with zero attached hydrogens (tertiary/aromatic N) is 2. The normalized spacial score (nSPS) is 14.7. The SMILES string of the molecule is Cc1cnccc1NCCNC(=O)c1c(C)ccn(C2CCNCC2)c1=O. The van der Waals surface area contributed by atoms with Crippen LogP contribution in [0.4, 0.5) is 5.69 Å². The van der Waals surface area contributed by atoms with Gasteiger partial charge in [-0.1, -0.05) is 0 Å². The Labute approximate surface area is 159 Å². The molecule has 1 fully saturated rings. The van der Waals surface area contributed by atoms with E-state index in [4.69, 9.17) is 0 Å². The summed E-state index contributed by atoms with van der Waals surface area (Å²) in [6.07, 6.45) is 7.14. The number of anilines is 1. The van der Waals surface area contributed by atoms with Crippen LogP contribution in [0.15, 0.2) is 35.5 Å². The fourth-order valence-corrected chi connectivity index (χ4v) is 3.42. The molecule has 27 heavy (non-hydrogen) atoms. The molecule has 2 aromatic rings. The van der Waals surface area contributed by atoms with Crippen LogP contribution in [0.3, 0.4) is 0 Å². The Morgan fingerprint density at radius 2 is 2.00 bits per heavy atom. The van der Waals surface area contributed by atoms with E-state index >= 15 is 0 Å². The summed E-state index contributed by atoms with van der Waals surface area (Å²) >= 11 is 0. The summed E-state index contributed by atoms with van der Waals surface area (Å²) < 4.78 is 1.72. The lowest BCUT2D eigenvalue weighted by Gasteiger charge is -2.25. The minimum Gasteiger partial charge on any atom is -0.383 e. The summed E-state index contributed by atoms with van der Waals surface area (Å²) in [5.74, 6) is -0.311. The number of hydrogen-bond acceptors (Lipinski definition) is 5. The highest BCUT2D eigenvalue weighted by atomic mass is 16.2. The third kappa shape index (κ3) is 4.54. The molecule has 144 valence electrons. The van der Waals surface area contributed by atoms with Gasteiger partial charge in [0.25, 0.3) is 11.5 Å². The van der Waals surface area contributed by atoms with Crippen molar-refractivity contribution in [2.75, 3.05) is 31.5 Å². The molecule has 0 spiro atoms. The number of amides is 1. The highest BCUT2D eigenvalue weighted by molar-refractivity contribution is 5.95. The van der Waals surface area contributed by atoms with Crippen molar-refractivity contribution in [3.8, 4) is 0 Å². The molecule has 0 atom stereocenters. The minimum absolute atomic E-state index is 0.155. The molecule has 3 heterocycles. The van der Waals surface area contributed by atoms with Gasteiger partial charge in [0, 0.05) is 43.4 Å². The van der Waals surface area contributed by atoms with Crippen molar-refractivity contribution in [2.45, 2.75) is 32.7 Å². The third-order valence-electron chi connectivity index (χ3n) is 5.00. The third-order valence-corrected chi connectivity index (χ3v) is 5.00. The first-order chi connectivity index (χ1) is 13.1. The Morgan fingerprint density at radius 3 is 2.74 bits per heavy atom. The molecule has 0 bridgehead atoms. The van der Waals surface area contributed by atoms with Crippen molar-refractivity contribution in [1.82, 2.24) is 20.2 Å². The Kier molecular flexibility index (Phi) is 6.24. The summed E-state index contributed by atoms with van der Waals surface area (Å²) in [5.41, 5.74) is 2.80. The zero-order valence-electron chi connectivity index (χ0n) is 15.9. The van der Waals surface area contributed by atoms with Gasteiger partial charge in [-0.3, -0.25) is 14.6 Å². The summed E-state index contributed by atoms with van der Waals surface area (Å²) in [7, 11) is 0. The summed E-state index contributed by atoms with van der Waals surface area (Å²) in [6.45, 7) is 6.58. The molecule has 3 N–H and O–H groups in total. The molecule has 7 nitrogen and oxygen atoms in total. The Balaban J connectivity index is 1.64. The molecule has 0 unspecified atom stereocenters. The highest BCUT2D eigenvalue weighted by Crippen LogP contribution is 2.17. The van der Waals surface area contributed by atoms with E-state index in [1.54, 1.807) is 17.0 Å². The van der Waals surface area contributed by atoms with Gasteiger partial charge >= 0.3 is 0 Å². The molecule has 1 saturated heterocycles. The van der Waals surface area contributed by atoms with Crippen LogP contribution in [-0.4, -0.2) is 41.6 Å². The van der Waals surface area contributed by atoms with Crippen LogP contribution < -0.4 is 21.5 Å². The van der Waals surface area contributed by atoms with Gasteiger partial charge in [0.15, 0.2) is 0 Å². The average Bonchev–Trinajstić information content (AvgIpc) is 2.67. The zero-order valence-corrected chi connectivity index (χ0v) is 15.9. The van der Waals surface area contributed by atoms with Gasteiger partial charge in [-0.25, -0.2) is 0 Å². The quantitative estimate of drug-likeness (QED) is 0.674. The number of aryl methyl sites for hydroxylation is 2. The molecule has 1 aliphatic rings. The molecule has 1 aliphatic heterocycles. The number of nitrogens with one attached hydrogen (secondary N) is 3. The van der Waals surface area contributed by atoms with Gasteiger partial charge in [-0.15, -0.1) is 0 Å². The fourth-order valence-electron chi connectivity index (χ4n) is 3.42. The van der Waals surface area contributed by atoms with Crippen LogP contribution in [0.5, 0.6) is 0 Å². The Bertz CT molecular complexity index is 856. The fraction of sp³-hybridized carbons (Fsp3) is 0.450. The van der Waals surface area contributed by atoms with E-state index in [0.717, 1.165) is 37.2 Å². The zero-order chi connectivity index (χ0) is 19.2. The lowest BCUT2D eigenvalue weighted by atomic mass is 10.0. The van der Waals surface area contributed by atoms with Crippen LogP contribution in [0, 0.1) is 13.8 Å². The lowest BCUT2D eigenvalue weighted by Crippen LogP contribution is -2.39. The summed E-state index contributed by atoms with van der Waals surface area (Å²) in [6, 6.07) is 3.91. The van der Waals surface area contributed by atoms with E-state index in [0.29, 0.717) is 18.7 Å². The average molecular weight is 369 g/mol. The molecule has 3 rings (SSSR count). The van der Waals surface area contributed by atoms with Crippen molar-refractivity contribution in [2.24, 2.45) is 0 Å². The second kappa shape index (κ2) is 8.81. The van der Waals surface area contributed by atoms with Crippen molar-refractivity contribution in [3.63, 3.8) is 0 Å². The number of aromatic nitrogens is 2. The lowest BCUT2D eigenvalue weighted by molar-refractivity contribution is 0.0952. The Hall–Kier alpha value is -2.67. The molecule has 0 aliphatic carbocycles. The van der Waals surface area contributed by atoms with Crippen LogP contribution in [0.25, 0.3) is 0 Å². The van der Waals surface area contributed by atoms with Gasteiger partial charge in [0.05, 0.1) is 0 Å². The largest absolute Gasteiger partial charge is 0.383 e. The molecular formula is C20H27N5O2. The highest BCUT2D eigenvalue weighted by Gasteiger charge is 2.21. The maximum absolute atomic E-state index is 12.9. The molecule has 0 radical (unpaired) electrons. The predicted molar refractivity (Wildman–Crippen MR) is 106 cm³/mol. The van der Waals surface area contributed by atoms with Crippen LogP contribution in [-0.2, 0) is 0 Å². The number of hydrogen-bond donors (Lipinski definition) is 3. The number of carbonyl (C=O) groups excluding carboxylic acids is 1. The van der Waals surface area contributed by atoms with Crippen molar-refractivity contribution >= 4 is 11.6 Å². The van der Waals surface area contributed by atoms with Gasteiger partial charge in [-0.05, 0) is 63.0 Å². The molecular weight excluding hydrogens is 342 g/mol. The van der Waals surface area contributed by atoms with E-state index in [2.05, 4.69) is 20.9 Å². The summed E-state index contributed by atoms with van der Waals surface area (Å²) in [4.78, 5) is 29.6. The first kappa shape index (κ1) is 19.1. The van der Waals surface area contributed by atoms with Crippen LogP contribution >= 0.6 is 0 Å². The van der Waals surface area contributed by atoms with Crippen molar-refractivity contribution < 1.29 is 4.79 Å². The summed E-state index contributed by atoms with van der Waals surface area (Å²) in [5, 5.41) is 9.42. The van der Waals surface area contributed by atoms with Crippen molar-refractivity contribution in [1.29, 1.82) is 0 Å². The van der Waals surface area contributed by atoms with Crippen LogP contribution in [0.1, 0.15) is 40.4 Å². The van der Waals surface area contributed by atoms with E-state index in [1.165, 1.54) is 0 Å².